The van der Waals surface area contributed by atoms with Gasteiger partial charge in [-0.15, -0.1) is 0 Å². The van der Waals surface area contributed by atoms with Crippen molar-refractivity contribution in [1.82, 2.24) is 5.32 Å². The predicted molar refractivity (Wildman–Crippen MR) is 41.5 cm³/mol. The van der Waals surface area contributed by atoms with E-state index in [1.165, 1.54) is 0 Å². The molecule has 0 bridgehead atoms. The van der Waals surface area contributed by atoms with Crippen LogP contribution in [0.1, 0.15) is 6.92 Å². The number of hydrogen-bond donors (Lipinski definition) is 2. The highest BCUT2D eigenvalue weighted by atomic mass is 19.4. The second kappa shape index (κ2) is 4.14. The molecular formula is C7H12F3NO3. The molecule has 0 spiro atoms. The third kappa shape index (κ3) is 2.36. The number of aliphatic hydroxyl groups is 1. The van der Waals surface area contributed by atoms with Gasteiger partial charge in [0.1, 0.15) is 6.04 Å². The van der Waals surface area contributed by atoms with Gasteiger partial charge in [0.15, 0.2) is 5.60 Å². The third-order valence-electron chi connectivity index (χ3n) is 1.86. The number of methoxy groups -OCH3 is 1. The zero-order chi connectivity index (χ0) is 11.6. The highest BCUT2D eigenvalue weighted by Crippen LogP contribution is 2.32. The molecule has 0 amide bonds. The molecule has 4 nitrogen and oxygen atoms in total. The molecule has 0 aliphatic rings. The van der Waals surface area contributed by atoms with E-state index >= 15 is 0 Å². The average Bonchev–Trinajstić information content (AvgIpc) is 2.02. The fourth-order valence-electron chi connectivity index (χ4n) is 0.910. The molecule has 0 fully saturated rings. The van der Waals surface area contributed by atoms with Gasteiger partial charge in [-0.1, -0.05) is 0 Å². The summed E-state index contributed by atoms with van der Waals surface area (Å²) in [7, 11) is 2.07. The van der Waals surface area contributed by atoms with E-state index in [1.54, 1.807) is 0 Å². The van der Waals surface area contributed by atoms with E-state index in [4.69, 9.17) is 5.11 Å². The summed E-state index contributed by atoms with van der Waals surface area (Å²) >= 11 is 0. The standard InChI is InChI=1S/C7H12F3NO3/c1-6(13,7(8,9)10)4(11-2)5(12)14-3/h4,11,13H,1-3H3/t4-,6+/m1/s1. The van der Waals surface area contributed by atoms with Crippen LogP contribution in [-0.2, 0) is 9.53 Å². The van der Waals surface area contributed by atoms with Crippen LogP contribution < -0.4 is 5.32 Å². The molecule has 84 valence electrons. The Labute approximate surface area is 79.0 Å². The van der Waals surface area contributed by atoms with Crippen molar-refractivity contribution in [3.63, 3.8) is 0 Å². The van der Waals surface area contributed by atoms with Crippen LogP contribution in [0.25, 0.3) is 0 Å². The summed E-state index contributed by atoms with van der Waals surface area (Å²) in [5.74, 6) is -1.17. The van der Waals surface area contributed by atoms with Gasteiger partial charge < -0.3 is 15.2 Å². The first kappa shape index (κ1) is 13.2. The lowest BCUT2D eigenvalue weighted by atomic mass is 9.96. The molecule has 0 aromatic carbocycles. The zero-order valence-corrected chi connectivity index (χ0v) is 7.97. The minimum absolute atomic E-state index is 0.505. The van der Waals surface area contributed by atoms with Gasteiger partial charge in [0.25, 0.3) is 0 Å². The molecule has 0 aliphatic carbocycles. The van der Waals surface area contributed by atoms with Crippen molar-refractivity contribution in [1.29, 1.82) is 0 Å². The normalized spacial score (nSPS) is 18.5. The number of ether oxygens (including phenoxy) is 1. The molecular weight excluding hydrogens is 203 g/mol. The quantitative estimate of drug-likeness (QED) is 0.654. The summed E-state index contributed by atoms with van der Waals surface area (Å²) in [6, 6.07) is -1.84. The lowest BCUT2D eigenvalue weighted by Crippen LogP contribution is -2.60. The maximum atomic E-state index is 12.3. The van der Waals surface area contributed by atoms with Crippen molar-refractivity contribution < 1.29 is 27.8 Å². The number of nitrogens with one attached hydrogen (secondary N) is 1. The molecule has 0 aromatic rings. The average molecular weight is 215 g/mol. The molecule has 0 aliphatic heterocycles. The van der Waals surface area contributed by atoms with E-state index in [0.29, 0.717) is 6.92 Å². The monoisotopic (exact) mass is 215 g/mol. The van der Waals surface area contributed by atoms with Crippen LogP contribution in [0, 0.1) is 0 Å². The van der Waals surface area contributed by atoms with Crippen molar-refractivity contribution in [3.05, 3.63) is 0 Å². The van der Waals surface area contributed by atoms with Crippen molar-refractivity contribution in [3.8, 4) is 0 Å². The largest absolute Gasteiger partial charge is 0.468 e. The van der Waals surface area contributed by atoms with Crippen molar-refractivity contribution in [2.24, 2.45) is 0 Å². The molecule has 14 heavy (non-hydrogen) atoms. The van der Waals surface area contributed by atoms with E-state index in [-0.39, 0.29) is 0 Å². The van der Waals surface area contributed by atoms with E-state index in [1.807, 2.05) is 0 Å². The number of hydrogen-bond acceptors (Lipinski definition) is 4. The van der Waals surface area contributed by atoms with E-state index < -0.39 is 23.8 Å². The maximum Gasteiger partial charge on any atom is 0.419 e. The molecule has 0 heterocycles. The first-order valence-electron chi connectivity index (χ1n) is 3.72. The van der Waals surface area contributed by atoms with Crippen LogP contribution in [0.5, 0.6) is 0 Å². The van der Waals surface area contributed by atoms with Crippen molar-refractivity contribution in [2.75, 3.05) is 14.2 Å². The number of carbonyl (C=O) groups is 1. The summed E-state index contributed by atoms with van der Waals surface area (Å²) in [5, 5.41) is 11.2. The number of halogens is 3. The van der Waals surface area contributed by atoms with Crippen LogP contribution in [0.2, 0.25) is 0 Å². The Balaban J connectivity index is 4.93. The van der Waals surface area contributed by atoms with Crippen LogP contribution in [0.4, 0.5) is 13.2 Å². The van der Waals surface area contributed by atoms with Crippen LogP contribution in [0.3, 0.4) is 0 Å². The number of rotatable bonds is 3. The van der Waals surface area contributed by atoms with Gasteiger partial charge in [-0.25, -0.2) is 0 Å². The Bertz CT molecular complexity index is 215. The van der Waals surface area contributed by atoms with E-state index in [2.05, 4.69) is 10.1 Å². The highest BCUT2D eigenvalue weighted by molar-refractivity contribution is 5.77. The molecule has 7 heteroatoms. The lowest BCUT2D eigenvalue weighted by molar-refractivity contribution is -0.263. The summed E-state index contributed by atoms with van der Waals surface area (Å²) < 4.78 is 40.9. The maximum absolute atomic E-state index is 12.3. The van der Waals surface area contributed by atoms with Crippen molar-refractivity contribution >= 4 is 5.97 Å². The molecule has 2 N–H and O–H groups in total. The molecule has 0 unspecified atom stereocenters. The molecule has 0 saturated carbocycles. The second-order valence-corrected chi connectivity index (χ2v) is 2.89. The first-order chi connectivity index (χ1) is 6.18. The van der Waals surface area contributed by atoms with Gasteiger partial charge in [0.05, 0.1) is 7.11 Å². The predicted octanol–water partition coefficient (Wildman–Crippen LogP) is 0.0607. The third-order valence-corrected chi connectivity index (χ3v) is 1.86. The van der Waals surface area contributed by atoms with Crippen LogP contribution in [-0.4, -0.2) is 43.1 Å². The number of carbonyl (C=O) groups excluding carboxylic acids is 1. The van der Waals surface area contributed by atoms with Crippen LogP contribution >= 0.6 is 0 Å². The highest BCUT2D eigenvalue weighted by Gasteiger charge is 2.57. The summed E-state index contributed by atoms with van der Waals surface area (Å²) in [6.45, 7) is 0.505. The Morgan fingerprint density at radius 1 is 1.50 bits per heavy atom. The molecule has 0 radical (unpaired) electrons. The van der Waals surface area contributed by atoms with Gasteiger partial charge in [0, 0.05) is 0 Å². The second-order valence-electron chi connectivity index (χ2n) is 2.89. The number of alkyl halides is 3. The smallest absolute Gasteiger partial charge is 0.419 e. The fourth-order valence-corrected chi connectivity index (χ4v) is 0.910. The fraction of sp³-hybridized carbons (Fsp3) is 0.857. The Hall–Kier alpha value is -0.820. The molecule has 0 rings (SSSR count). The van der Waals surface area contributed by atoms with E-state index in [9.17, 15) is 18.0 Å². The summed E-state index contributed by atoms with van der Waals surface area (Å²) in [6.07, 6.45) is -4.91. The molecule has 2 atom stereocenters. The van der Waals surface area contributed by atoms with Gasteiger partial charge >= 0.3 is 12.1 Å². The molecule has 0 saturated heterocycles. The first-order valence-corrected chi connectivity index (χ1v) is 3.72. The summed E-state index contributed by atoms with van der Waals surface area (Å²) in [5.41, 5.74) is -3.16. The SMILES string of the molecule is CN[C@H](C(=O)OC)[C@](C)(O)C(F)(F)F. The number of likely N-dealkylation sites (N-methyl/N-ethyl adjacent to an activating group) is 1. The van der Waals surface area contributed by atoms with Gasteiger partial charge in [0.2, 0.25) is 0 Å². The Kier molecular flexibility index (Phi) is 3.90. The topological polar surface area (TPSA) is 58.6 Å². The zero-order valence-electron chi connectivity index (χ0n) is 7.97. The van der Waals surface area contributed by atoms with Gasteiger partial charge in [-0.2, -0.15) is 13.2 Å². The minimum atomic E-state index is -4.91. The Morgan fingerprint density at radius 3 is 2.14 bits per heavy atom. The Morgan fingerprint density at radius 2 is 1.93 bits per heavy atom. The van der Waals surface area contributed by atoms with Crippen LogP contribution in [0.15, 0.2) is 0 Å². The lowest BCUT2D eigenvalue weighted by Gasteiger charge is -2.32. The minimum Gasteiger partial charge on any atom is -0.468 e. The summed E-state index contributed by atoms with van der Waals surface area (Å²) in [4.78, 5) is 10.9. The van der Waals surface area contributed by atoms with Crippen molar-refractivity contribution in [2.45, 2.75) is 24.7 Å². The molecule has 0 aromatic heterocycles. The van der Waals surface area contributed by atoms with Gasteiger partial charge in [-0.3, -0.25) is 4.79 Å². The number of esters is 1. The van der Waals surface area contributed by atoms with E-state index in [0.717, 1.165) is 14.2 Å². The van der Waals surface area contributed by atoms with Gasteiger partial charge in [-0.05, 0) is 14.0 Å².